The maximum absolute atomic E-state index is 13.2. The fraction of sp³-hybridized carbons (Fsp3) is 0.981. The van der Waals surface area contributed by atoms with Gasteiger partial charge in [-0.3, -0.25) is 4.79 Å². The number of nitrogens with one attached hydrogen (secondary N) is 1. The molecule has 0 saturated carbocycles. The first-order valence-corrected chi connectivity index (χ1v) is 28.2. The molecular formula is C52H106N2OS2. The highest BCUT2D eigenvalue weighted by molar-refractivity contribution is 8.13. The Kier molecular flexibility index (Phi) is 46.0. The zero-order valence-electron chi connectivity index (χ0n) is 40.3. The molecule has 342 valence electrons. The lowest BCUT2D eigenvalue weighted by molar-refractivity contribution is -0.114. The van der Waals surface area contributed by atoms with Gasteiger partial charge in [0.2, 0.25) is 0 Å². The van der Waals surface area contributed by atoms with Crippen molar-refractivity contribution in [1.29, 1.82) is 0 Å². The van der Waals surface area contributed by atoms with Crippen LogP contribution < -0.4 is 5.32 Å². The summed E-state index contributed by atoms with van der Waals surface area (Å²) in [4.78, 5) is 16.0. The van der Waals surface area contributed by atoms with Gasteiger partial charge in [0.15, 0.2) is 5.12 Å². The van der Waals surface area contributed by atoms with E-state index in [1.165, 1.54) is 231 Å². The molecule has 0 aliphatic rings. The zero-order valence-corrected chi connectivity index (χ0v) is 41.9. The highest BCUT2D eigenvalue weighted by atomic mass is 32.2. The van der Waals surface area contributed by atoms with E-state index >= 15 is 0 Å². The highest BCUT2D eigenvalue weighted by Crippen LogP contribution is 2.30. The predicted molar refractivity (Wildman–Crippen MR) is 266 cm³/mol. The lowest BCUT2D eigenvalue weighted by Gasteiger charge is -2.24. The number of hydrogen-bond donors (Lipinski definition) is 1. The minimum absolute atomic E-state index is 0.307. The first-order valence-electron chi connectivity index (χ1n) is 26.1. The van der Waals surface area contributed by atoms with E-state index in [-0.39, 0.29) is 0 Å². The monoisotopic (exact) mass is 839 g/mol. The summed E-state index contributed by atoms with van der Waals surface area (Å²) in [5.74, 6) is 3.63. The van der Waals surface area contributed by atoms with Crippen LogP contribution in [0.1, 0.15) is 267 Å². The van der Waals surface area contributed by atoms with Crippen molar-refractivity contribution in [3.05, 3.63) is 0 Å². The molecule has 0 heterocycles. The Balaban J connectivity index is 4.54. The van der Waals surface area contributed by atoms with E-state index in [1.54, 1.807) is 11.8 Å². The lowest BCUT2D eigenvalue weighted by atomic mass is 9.92. The van der Waals surface area contributed by atoms with Gasteiger partial charge in [-0.05, 0) is 102 Å². The molecule has 3 unspecified atom stereocenters. The smallest absolute Gasteiger partial charge is 0.192 e. The predicted octanol–water partition coefficient (Wildman–Crippen LogP) is 17.2. The Bertz CT molecular complexity index is 794. The summed E-state index contributed by atoms with van der Waals surface area (Å²) in [6.07, 6.45) is 45.7. The van der Waals surface area contributed by atoms with Gasteiger partial charge in [-0.2, -0.15) is 11.8 Å². The van der Waals surface area contributed by atoms with E-state index in [0.29, 0.717) is 17.1 Å². The van der Waals surface area contributed by atoms with Crippen LogP contribution in [0, 0.1) is 11.8 Å². The van der Waals surface area contributed by atoms with Gasteiger partial charge in [-0.25, -0.2) is 0 Å². The molecule has 0 bridgehead atoms. The third-order valence-corrected chi connectivity index (χ3v) is 15.0. The summed E-state index contributed by atoms with van der Waals surface area (Å²) in [6, 6.07) is 0.588. The molecule has 5 heteroatoms. The van der Waals surface area contributed by atoms with Crippen LogP contribution in [0.5, 0.6) is 0 Å². The SMILES string of the molecule is CCCCCCCCC(CCCCCC)C(=O)SCCCCCCN(CCCCCCSC(C)C(CCCCCC)CCCCCCCC)CCCCNC(C)C. The minimum atomic E-state index is 0.307. The van der Waals surface area contributed by atoms with Gasteiger partial charge in [0, 0.05) is 23.0 Å². The second kappa shape index (κ2) is 45.8. The normalized spacial score (nSPS) is 13.6. The van der Waals surface area contributed by atoms with Gasteiger partial charge in [0.25, 0.3) is 0 Å². The quantitative estimate of drug-likeness (QED) is 0.0617. The van der Waals surface area contributed by atoms with E-state index in [1.807, 2.05) is 0 Å². The third kappa shape index (κ3) is 40.1. The van der Waals surface area contributed by atoms with Crippen LogP contribution in [0.3, 0.4) is 0 Å². The van der Waals surface area contributed by atoms with E-state index in [0.717, 1.165) is 36.3 Å². The van der Waals surface area contributed by atoms with Crippen LogP contribution >= 0.6 is 23.5 Å². The van der Waals surface area contributed by atoms with Gasteiger partial charge < -0.3 is 10.2 Å². The Morgan fingerprint density at radius 2 is 0.842 bits per heavy atom. The number of rotatable bonds is 47. The van der Waals surface area contributed by atoms with Crippen LogP contribution in [-0.2, 0) is 4.79 Å². The lowest BCUT2D eigenvalue weighted by Crippen LogP contribution is -2.29. The molecule has 3 atom stereocenters. The van der Waals surface area contributed by atoms with Gasteiger partial charge in [-0.1, -0.05) is 214 Å². The number of carbonyl (C=O) groups excluding carboxylic acids is 1. The van der Waals surface area contributed by atoms with Crippen molar-refractivity contribution in [2.24, 2.45) is 11.8 Å². The molecule has 3 nitrogen and oxygen atoms in total. The van der Waals surface area contributed by atoms with Crippen molar-refractivity contribution in [3.8, 4) is 0 Å². The molecule has 0 aromatic carbocycles. The zero-order chi connectivity index (χ0) is 41.9. The topological polar surface area (TPSA) is 32.3 Å². The van der Waals surface area contributed by atoms with Crippen molar-refractivity contribution < 1.29 is 4.79 Å². The Hall–Kier alpha value is 0.290. The third-order valence-electron chi connectivity index (χ3n) is 12.5. The van der Waals surface area contributed by atoms with Crippen molar-refractivity contribution in [2.45, 2.75) is 278 Å². The molecule has 0 saturated heterocycles. The molecule has 1 N–H and O–H groups in total. The van der Waals surface area contributed by atoms with Gasteiger partial charge in [0.05, 0.1) is 0 Å². The summed E-state index contributed by atoms with van der Waals surface area (Å²) in [7, 11) is 0. The molecule has 57 heavy (non-hydrogen) atoms. The van der Waals surface area contributed by atoms with Crippen LogP contribution in [-0.4, -0.2) is 59.0 Å². The summed E-state index contributed by atoms with van der Waals surface area (Å²) in [5.41, 5.74) is 0. The standard InChI is InChI=1S/C52H106N2OS2/c1-8-12-16-20-22-30-39-50(38-28-18-14-10-3)49(7)56-46-36-26-24-33-43-54(45-35-32-42-53-48(5)6)44-34-25-27-37-47-57-52(55)51(40-29-19-15-11-4)41-31-23-21-17-13-9-2/h48-51,53H,8-47H2,1-7H3. The van der Waals surface area contributed by atoms with Crippen LogP contribution in [0.4, 0.5) is 0 Å². The molecule has 0 fully saturated rings. The van der Waals surface area contributed by atoms with E-state index < -0.39 is 0 Å². The van der Waals surface area contributed by atoms with Crippen LogP contribution in [0.15, 0.2) is 0 Å². The van der Waals surface area contributed by atoms with Crippen LogP contribution in [0.2, 0.25) is 0 Å². The number of thioether (sulfide) groups is 2. The summed E-state index contributed by atoms with van der Waals surface area (Å²) in [6.45, 7) is 21.3. The Morgan fingerprint density at radius 3 is 1.33 bits per heavy atom. The molecule has 0 aromatic heterocycles. The molecular weight excluding hydrogens is 733 g/mol. The average molecular weight is 840 g/mol. The molecule has 0 spiro atoms. The fourth-order valence-electron chi connectivity index (χ4n) is 8.47. The Labute approximate surface area is 369 Å². The number of hydrogen-bond acceptors (Lipinski definition) is 5. The number of unbranched alkanes of at least 4 members (excludes halogenated alkanes) is 23. The van der Waals surface area contributed by atoms with Crippen molar-refractivity contribution in [2.75, 3.05) is 37.7 Å². The van der Waals surface area contributed by atoms with Gasteiger partial charge in [-0.15, -0.1) is 0 Å². The van der Waals surface area contributed by atoms with E-state index in [9.17, 15) is 4.79 Å². The highest BCUT2D eigenvalue weighted by Gasteiger charge is 2.19. The summed E-state index contributed by atoms with van der Waals surface area (Å²) >= 11 is 3.98. The van der Waals surface area contributed by atoms with Crippen molar-refractivity contribution >= 4 is 28.6 Å². The average Bonchev–Trinajstić information content (AvgIpc) is 3.20. The van der Waals surface area contributed by atoms with Gasteiger partial charge >= 0.3 is 0 Å². The second-order valence-electron chi connectivity index (χ2n) is 18.5. The summed E-state index contributed by atoms with van der Waals surface area (Å²) in [5, 5.41) is 4.95. The van der Waals surface area contributed by atoms with E-state index in [4.69, 9.17) is 0 Å². The minimum Gasteiger partial charge on any atom is -0.315 e. The molecule has 0 rings (SSSR count). The maximum atomic E-state index is 13.2. The number of carbonyl (C=O) groups is 1. The largest absolute Gasteiger partial charge is 0.315 e. The fourth-order valence-corrected chi connectivity index (χ4v) is 10.8. The van der Waals surface area contributed by atoms with Crippen LogP contribution in [0.25, 0.3) is 0 Å². The molecule has 0 radical (unpaired) electrons. The van der Waals surface area contributed by atoms with Gasteiger partial charge in [0.1, 0.15) is 0 Å². The van der Waals surface area contributed by atoms with E-state index in [2.05, 4.69) is 70.4 Å². The maximum Gasteiger partial charge on any atom is 0.192 e. The van der Waals surface area contributed by atoms with Crippen molar-refractivity contribution in [1.82, 2.24) is 10.2 Å². The molecule has 0 aliphatic heterocycles. The van der Waals surface area contributed by atoms with Crippen molar-refractivity contribution in [3.63, 3.8) is 0 Å². The summed E-state index contributed by atoms with van der Waals surface area (Å²) < 4.78 is 0. The Morgan fingerprint density at radius 1 is 0.456 bits per heavy atom. The number of nitrogens with zero attached hydrogens (tertiary/aromatic N) is 1. The molecule has 0 amide bonds. The first-order chi connectivity index (χ1) is 27.9. The molecule has 0 aromatic rings. The molecule has 0 aliphatic carbocycles. The second-order valence-corrected chi connectivity index (χ2v) is 21.1. The first kappa shape index (κ1) is 57.3.